The summed E-state index contributed by atoms with van der Waals surface area (Å²) in [5.74, 6) is -4.28. The Morgan fingerprint density at radius 1 is 1.06 bits per heavy atom. The van der Waals surface area contributed by atoms with Crippen molar-refractivity contribution in [3.8, 4) is 0 Å². The third-order valence-corrected chi connectivity index (χ3v) is 5.92. The quantitative estimate of drug-likeness (QED) is 0.208. The van der Waals surface area contributed by atoms with Crippen LogP contribution in [0.15, 0.2) is 30.3 Å². The number of hydrogen-bond donors (Lipinski definition) is 6. The molecule has 186 valence electrons. The molecule has 0 bridgehead atoms. The minimum atomic E-state index is -1.26. The van der Waals surface area contributed by atoms with Gasteiger partial charge in [0.1, 0.15) is 18.1 Å². The molecule has 3 amide bonds. The van der Waals surface area contributed by atoms with Gasteiger partial charge in [0, 0.05) is 25.1 Å². The molecule has 4 unspecified atom stereocenters. The summed E-state index contributed by atoms with van der Waals surface area (Å²) in [6, 6.07) is 4.49. The number of rotatable bonds is 12. The van der Waals surface area contributed by atoms with Crippen LogP contribution in [0, 0.1) is 0 Å². The van der Waals surface area contributed by atoms with Gasteiger partial charge >= 0.3 is 11.9 Å². The molecule has 11 nitrogen and oxygen atoms in total. The number of carboxylic acids is 2. The lowest BCUT2D eigenvalue weighted by Crippen LogP contribution is -2.57. The molecule has 34 heavy (non-hydrogen) atoms. The van der Waals surface area contributed by atoms with Gasteiger partial charge in [-0.15, -0.1) is 0 Å². The van der Waals surface area contributed by atoms with Crippen molar-refractivity contribution in [2.75, 3.05) is 12.3 Å². The van der Waals surface area contributed by atoms with Gasteiger partial charge < -0.3 is 31.5 Å². The molecular formula is C22H30N4O7S. The highest BCUT2D eigenvalue weighted by Crippen LogP contribution is 2.20. The lowest BCUT2D eigenvalue weighted by atomic mass is 10.0. The SMILES string of the molecule is NC(CS)C(=O)NC(CCC(=O)O)C(=O)NC(Cc1ccccc1)C(=O)N1CCCC1C(=O)O. The van der Waals surface area contributed by atoms with Crippen LogP contribution < -0.4 is 16.4 Å². The summed E-state index contributed by atoms with van der Waals surface area (Å²) in [5, 5.41) is 23.5. The molecule has 1 aliphatic rings. The highest BCUT2D eigenvalue weighted by molar-refractivity contribution is 7.80. The summed E-state index contributed by atoms with van der Waals surface area (Å²) in [4.78, 5) is 62.5. The predicted molar refractivity (Wildman–Crippen MR) is 125 cm³/mol. The van der Waals surface area contributed by atoms with Crippen LogP contribution in [0.5, 0.6) is 0 Å². The number of thiol groups is 1. The number of nitrogens with zero attached hydrogens (tertiary/aromatic N) is 1. The monoisotopic (exact) mass is 494 g/mol. The molecule has 4 atom stereocenters. The first kappa shape index (κ1) is 27.1. The Morgan fingerprint density at radius 3 is 2.29 bits per heavy atom. The fourth-order valence-corrected chi connectivity index (χ4v) is 3.87. The second-order valence-electron chi connectivity index (χ2n) is 8.06. The van der Waals surface area contributed by atoms with Gasteiger partial charge in [-0.1, -0.05) is 30.3 Å². The van der Waals surface area contributed by atoms with E-state index in [1.54, 1.807) is 30.3 Å². The lowest BCUT2D eigenvalue weighted by molar-refractivity contribution is -0.149. The van der Waals surface area contributed by atoms with Crippen LogP contribution in [0.3, 0.4) is 0 Å². The van der Waals surface area contributed by atoms with Crippen LogP contribution in [-0.2, 0) is 30.4 Å². The van der Waals surface area contributed by atoms with E-state index in [9.17, 15) is 29.1 Å². The Kier molecular flexibility index (Phi) is 10.3. The Balaban J connectivity index is 2.25. The standard InChI is InChI=1S/C22H30N4O7S/c23-14(12-34)19(29)24-15(8-9-18(27)28)20(30)25-16(11-13-5-2-1-3-6-13)21(31)26-10-4-7-17(26)22(32)33/h1-3,5-6,14-17,34H,4,7-12,23H2,(H,24,29)(H,25,30)(H,27,28)(H,32,33). The highest BCUT2D eigenvalue weighted by Gasteiger charge is 2.38. The van der Waals surface area contributed by atoms with E-state index in [4.69, 9.17) is 10.8 Å². The zero-order chi connectivity index (χ0) is 25.3. The smallest absolute Gasteiger partial charge is 0.326 e. The molecule has 1 fully saturated rings. The van der Waals surface area contributed by atoms with Crippen LogP contribution in [0.25, 0.3) is 0 Å². The van der Waals surface area contributed by atoms with Crippen molar-refractivity contribution in [3.05, 3.63) is 35.9 Å². The third kappa shape index (κ3) is 7.73. The Morgan fingerprint density at radius 2 is 1.71 bits per heavy atom. The summed E-state index contributed by atoms with van der Waals surface area (Å²) in [5.41, 5.74) is 6.38. The number of benzene rings is 1. The largest absolute Gasteiger partial charge is 0.481 e. The first-order chi connectivity index (χ1) is 16.1. The number of amides is 3. The van der Waals surface area contributed by atoms with Crippen molar-refractivity contribution < 1.29 is 34.2 Å². The minimum absolute atomic E-state index is 0.0136. The minimum Gasteiger partial charge on any atom is -0.481 e. The average Bonchev–Trinajstić information content (AvgIpc) is 3.31. The fourth-order valence-electron chi connectivity index (χ4n) is 3.71. The molecular weight excluding hydrogens is 464 g/mol. The number of nitrogens with two attached hydrogens (primary N) is 1. The van der Waals surface area contributed by atoms with E-state index in [-0.39, 0.29) is 25.1 Å². The summed E-state index contributed by atoms with van der Waals surface area (Å²) in [6.45, 7) is 0.243. The van der Waals surface area contributed by atoms with E-state index < -0.39 is 60.2 Å². The molecule has 0 radical (unpaired) electrons. The molecule has 1 aromatic rings. The van der Waals surface area contributed by atoms with Crippen molar-refractivity contribution in [1.82, 2.24) is 15.5 Å². The first-order valence-electron chi connectivity index (χ1n) is 10.9. The van der Waals surface area contributed by atoms with Crippen molar-refractivity contribution in [1.29, 1.82) is 0 Å². The van der Waals surface area contributed by atoms with Crippen LogP contribution in [0.4, 0.5) is 0 Å². The highest BCUT2D eigenvalue weighted by atomic mass is 32.1. The maximum absolute atomic E-state index is 13.3. The first-order valence-corrected chi connectivity index (χ1v) is 11.5. The zero-order valence-corrected chi connectivity index (χ0v) is 19.4. The van der Waals surface area contributed by atoms with Gasteiger partial charge in [0.15, 0.2) is 0 Å². The second-order valence-corrected chi connectivity index (χ2v) is 8.43. The summed E-state index contributed by atoms with van der Waals surface area (Å²) >= 11 is 3.95. The van der Waals surface area contributed by atoms with Crippen molar-refractivity contribution in [2.45, 2.75) is 56.3 Å². The predicted octanol–water partition coefficient (Wildman–Crippen LogP) is -0.604. The van der Waals surface area contributed by atoms with Gasteiger partial charge in [-0.2, -0.15) is 12.6 Å². The number of aliphatic carboxylic acids is 2. The number of hydrogen-bond acceptors (Lipinski definition) is 7. The van der Waals surface area contributed by atoms with Crippen LogP contribution in [0.2, 0.25) is 0 Å². The topological polar surface area (TPSA) is 179 Å². The average molecular weight is 495 g/mol. The molecule has 6 N–H and O–H groups in total. The van der Waals surface area contributed by atoms with Gasteiger partial charge in [0.2, 0.25) is 17.7 Å². The molecule has 0 aliphatic carbocycles. The van der Waals surface area contributed by atoms with Crippen LogP contribution >= 0.6 is 12.6 Å². The maximum Gasteiger partial charge on any atom is 0.326 e. The molecule has 2 rings (SSSR count). The van der Waals surface area contributed by atoms with Gasteiger partial charge in [0.05, 0.1) is 6.04 Å². The Labute approximate surface area is 202 Å². The summed E-state index contributed by atoms with van der Waals surface area (Å²) in [6.07, 6.45) is 0.294. The molecule has 0 aromatic heterocycles. The van der Waals surface area contributed by atoms with Crippen molar-refractivity contribution in [2.24, 2.45) is 5.73 Å². The van der Waals surface area contributed by atoms with Crippen LogP contribution in [0.1, 0.15) is 31.2 Å². The molecule has 1 saturated heterocycles. The van der Waals surface area contributed by atoms with Gasteiger partial charge in [-0.05, 0) is 24.8 Å². The molecule has 1 aromatic carbocycles. The normalized spacial score (nSPS) is 17.9. The molecule has 12 heteroatoms. The van der Waals surface area contributed by atoms with Crippen LogP contribution in [-0.4, -0.2) is 81.2 Å². The van der Waals surface area contributed by atoms with Gasteiger partial charge in [-0.25, -0.2) is 4.79 Å². The van der Waals surface area contributed by atoms with Crippen molar-refractivity contribution in [3.63, 3.8) is 0 Å². The number of nitrogens with one attached hydrogen (secondary N) is 2. The number of likely N-dealkylation sites (tertiary alicyclic amines) is 1. The summed E-state index contributed by atoms with van der Waals surface area (Å²) in [7, 11) is 0. The van der Waals surface area contributed by atoms with Gasteiger partial charge in [-0.3, -0.25) is 19.2 Å². The molecule has 1 heterocycles. The van der Waals surface area contributed by atoms with E-state index in [1.807, 2.05) is 0 Å². The lowest BCUT2D eigenvalue weighted by Gasteiger charge is -2.29. The van der Waals surface area contributed by atoms with E-state index >= 15 is 0 Å². The fraction of sp³-hybridized carbons (Fsp3) is 0.500. The van der Waals surface area contributed by atoms with Crippen molar-refractivity contribution >= 4 is 42.3 Å². The number of carbonyl (C=O) groups is 5. The number of carboxylic acid groups (broad SMARTS) is 2. The zero-order valence-electron chi connectivity index (χ0n) is 18.6. The second kappa shape index (κ2) is 12.9. The van der Waals surface area contributed by atoms with E-state index in [1.165, 1.54) is 4.90 Å². The number of carbonyl (C=O) groups excluding carboxylic acids is 3. The molecule has 1 aliphatic heterocycles. The summed E-state index contributed by atoms with van der Waals surface area (Å²) < 4.78 is 0. The van der Waals surface area contributed by atoms with E-state index in [0.717, 1.165) is 5.56 Å². The van der Waals surface area contributed by atoms with E-state index in [2.05, 4.69) is 23.3 Å². The van der Waals surface area contributed by atoms with Gasteiger partial charge in [0.25, 0.3) is 0 Å². The molecule has 0 spiro atoms. The molecule has 0 saturated carbocycles. The third-order valence-electron chi connectivity index (χ3n) is 5.53. The Bertz CT molecular complexity index is 898. The maximum atomic E-state index is 13.3. The Hall–Kier alpha value is -3.12. The van der Waals surface area contributed by atoms with E-state index in [0.29, 0.717) is 12.8 Å².